The van der Waals surface area contributed by atoms with Crippen LogP contribution in [-0.2, 0) is 58.3 Å². The fourth-order valence-corrected chi connectivity index (χ4v) is 3.15. The second-order valence-electron chi connectivity index (χ2n) is 5.61. The summed E-state index contributed by atoms with van der Waals surface area (Å²) in [6, 6.07) is 10.9. The van der Waals surface area contributed by atoms with Crippen LogP contribution in [0.1, 0.15) is 68.9 Å². The summed E-state index contributed by atoms with van der Waals surface area (Å²) < 4.78 is 0. The smallest absolute Gasteiger partial charge is 1.00 e. The fraction of sp³-hybridized carbons (Fsp3) is 0.524. The molecule has 0 heterocycles. The van der Waals surface area contributed by atoms with Crippen molar-refractivity contribution in [1.29, 1.82) is 0 Å². The third-order valence-electron chi connectivity index (χ3n) is 4.23. The summed E-state index contributed by atoms with van der Waals surface area (Å²) >= 11 is 0. The fourth-order valence-electron chi connectivity index (χ4n) is 3.15. The third kappa shape index (κ3) is 8.51. The summed E-state index contributed by atoms with van der Waals surface area (Å²) in [4.78, 5) is 0. The maximum absolute atomic E-state index is 2.41. The van der Waals surface area contributed by atoms with Crippen LogP contribution in [0.25, 0.3) is 0 Å². The topological polar surface area (TPSA) is 0 Å². The van der Waals surface area contributed by atoms with Gasteiger partial charge in [-0.15, -0.1) is 0 Å². The maximum atomic E-state index is 2.41. The molecule has 2 aromatic rings. The van der Waals surface area contributed by atoms with Crippen LogP contribution in [-0.4, -0.2) is 0 Å². The Bertz CT molecular complexity index is 472. The van der Waals surface area contributed by atoms with E-state index in [1.807, 2.05) is 0 Å². The minimum absolute atomic E-state index is 0. The molecule has 0 amide bonds. The first-order valence-electron chi connectivity index (χ1n) is 8.71. The molecule has 0 aromatic heterocycles. The summed E-state index contributed by atoms with van der Waals surface area (Å²) in [7, 11) is 0. The molecule has 0 bridgehead atoms. The SMILES string of the molecule is CCC[c-]1cccc1.CCc1c[c-](CC)c(CC)c1CC.[Cl-].[Cl-].[Zr+4]. The molecule has 0 radical (unpaired) electrons. The predicted octanol–water partition coefficient (Wildman–Crippen LogP) is 0.0186. The number of aryl methyl sites for hydroxylation is 3. The van der Waals surface area contributed by atoms with Crippen LogP contribution >= 0.6 is 0 Å². The average Bonchev–Trinajstić information content (AvgIpc) is 3.14. The molecule has 134 valence electrons. The molecule has 0 N–H and O–H groups in total. The zero-order valence-corrected chi connectivity index (χ0v) is 19.9. The molecule has 0 fully saturated rings. The maximum Gasteiger partial charge on any atom is 4.00 e. The standard InChI is InChI=1S/C13H21.C8H11.2ClH.Zr/c1-5-10-9-11(6-2)13(8-4)12(10)7-3;1-2-5-8-6-3-4-7-8;;;/h9H,5-8H2,1-4H3;3-4,6-7H,2,5H2,1H3;2*1H;/q2*-1;;;+4/p-2. The van der Waals surface area contributed by atoms with Crippen molar-refractivity contribution in [3.63, 3.8) is 0 Å². The van der Waals surface area contributed by atoms with E-state index >= 15 is 0 Å². The Morgan fingerprint density at radius 1 is 0.833 bits per heavy atom. The molecule has 0 saturated heterocycles. The van der Waals surface area contributed by atoms with Gasteiger partial charge >= 0.3 is 26.2 Å². The van der Waals surface area contributed by atoms with E-state index in [9.17, 15) is 0 Å². The first-order valence-corrected chi connectivity index (χ1v) is 8.71. The first kappa shape index (κ1) is 28.9. The van der Waals surface area contributed by atoms with Crippen molar-refractivity contribution in [2.24, 2.45) is 0 Å². The molecule has 0 nitrogen and oxygen atoms in total. The Morgan fingerprint density at radius 3 is 1.79 bits per heavy atom. The van der Waals surface area contributed by atoms with Gasteiger partial charge in [0.2, 0.25) is 0 Å². The first-order chi connectivity index (χ1) is 10.2. The van der Waals surface area contributed by atoms with Crippen molar-refractivity contribution < 1.29 is 51.0 Å². The van der Waals surface area contributed by atoms with Crippen LogP contribution in [0.3, 0.4) is 0 Å². The van der Waals surface area contributed by atoms with Gasteiger partial charge in [0.05, 0.1) is 0 Å². The Kier molecular flexibility index (Phi) is 20.0. The van der Waals surface area contributed by atoms with Gasteiger partial charge in [-0.3, -0.25) is 0 Å². The molecule has 24 heavy (non-hydrogen) atoms. The van der Waals surface area contributed by atoms with Gasteiger partial charge in [0.25, 0.3) is 0 Å². The minimum atomic E-state index is 0. The van der Waals surface area contributed by atoms with Crippen molar-refractivity contribution in [3.8, 4) is 0 Å². The number of rotatable bonds is 6. The molecule has 0 atom stereocenters. The second-order valence-corrected chi connectivity index (χ2v) is 5.61. The number of hydrogen-bond acceptors (Lipinski definition) is 0. The van der Waals surface area contributed by atoms with Crippen LogP contribution in [0.2, 0.25) is 0 Å². The molecule has 0 spiro atoms. The quantitative estimate of drug-likeness (QED) is 0.549. The van der Waals surface area contributed by atoms with E-state index in [1.54, 1.807) is 22.3 Å². The largest absolute Gasteiger partial charge is 4.00 e. The Balaban J connectivity index is -0.000000353. The summed E-state index contributed by atoms with van der Waals surface area (Å²) in [5.74, 6) is 0. The van der Waals surface area contributed by atoms with E-state index in [1.165, 1.54) is 44.1 Å². The van der Waals surface area contributed by atoms with Crippen LogP contribution in [0.4, 0.5) is 0 Å². The summed E-state index contributed by atoms with van der Waals surface area (Å²) in [6.45, 7) is 11.3. The normalized spacial score (nSPS) is 9.04. The van der Waals surface area contributed by atoms with Gasteiger partial charge in [-0.1, -0.05) is 73.1 Å². The van der Waals surface area contributed by atoms with Gasteiger partial charge in [0, 0.05) is 0 Å². The summed E-state index contributed by atoms with van der Waals surface area (Å²) in [5, 5.41) is 0. The van der Waals surface area contributed by atoms with Crippen molar-refractivity contribution in [2.45, 2.75) is 73.1 Å². The van der Waals surface area contributed by atoms with Crippen molar-refractivity contribution in [3.05, 3.63) is 58.1 Å². The molecule has 3 heteroatoms. The van der Waals surface area contributed by atoms with Gasteiger partial charge in [0.15, 0.2) is 0 Å². The van der Waals surface area contributed by atoms with Crippen molar-refractivity contribution in [2.75, 3.05) is 0 Å². The van der Waals surface area contributed by atoms with Crippen LogP contribution in [0.5, 0.6) is 0 Å². The van der Waals surface area contributed by atoms with Crippen LogP contribution < -0.4 is 24.8 Å². The molecule has 2 aromatic carbocycles. The third-order valence-corrected chi connectivity index (χ3v) is 4.23. The molecule has 0 aliphatic heterocycles. The van der Waals surface area contributed by atoms with Crippen molar-refractivity contribution >= 4 is 0 Å². The van der Waals surface area contributed by atoms with E-state index < -0.39 is 0 Å². The number of hydrogen-bond donors (Lipinski definition) is 0. The van der Waals surface area contributed by atoms with E-state index in [4.69, 9.17) is 0 Å². The van der Waals surface area contributed by atoms with E-state index in [0.717, 1.165) is 0 Å². The molecular formula is C21H32Cl2Zr. The van der Waals surface area contributed by atoms with E-state index in [2.05, 4.69) is 65.0 Å². The van der Waals surface area contributed by atoms with E-state index in [-0.39, 0.29) is 51.0 Å². The Morgan fingerprint density at radius 2 is 1.42 bits per heavy atom. The van der Waals surface area contributed by atoms with Gasteiger partial charge in [-0.05, 0) is 0 Å². The Labute approximate surface area is 181 Å². The molecule has 0 saturated carbocycles. The van der Waals surface area contributed by atoms with Gasteiger partial charge in [0.1, 0.15) is 0 Å². The predicted molar refractivity (Wildman–Crippen MR) is 95.6 cm³/mol. The molecule has 0 aliphatic carbocycles. The summed E-state index contributed by atoms with van der Waals surface area (Å²) in [5.41, 5.74) is 7.88. The van der Waals surface area contributed by atoms with Gasteiger partial charge < -0.3 is 24.8 Å². The van der Waals surface area contributed by atoms with Gasteiger partial charge in [-0.25, -0.2) is 12.1 Å². The monoisotopic (exact) mass is 444 g/mol. The van der Waals surface area contributed by atoms with Crippen molar-refractivity contribution in [1.82, 2.24) is 0 Å². The zero-order chi connectivity index (χ0) is 15.7. The Hall–Kier alpha value is 0.163. The number of halogens is 2. The second kappa shape index (κ2) is 16.6. The van der Waals surface area contributed by atoms with E-state index in [0.29, 0.717) is 0 Å². The minimum Gasteiger partial charge on any atom is -1.00 e. The zero-order valence-electron chi connectivity index (χ0n) is 15.9. The molecule has 0 unspecified atom stereocenters. The molecule has 0 aliphatic rings. The van der Waals surface area contributed by atoms with Crippen LogP contribution in [0, 0.1) is 0 Å². The average molecular weight is 447 g/mol. The van der Waals surface area contributed by atoms with Gasteiger partial charge in [-0.2, -0.15) is 46.0 Å². The van der Waals surface area contributed by atoms with Crippen LogP contribution in [0.15, 0.2) is 30.3 Å². The molecular weight excluding hydrogens is 414 g/mol. The molecule has 2 rings (SSSR count). The summed E-state index contributed by atoms with van der Waals surface area (Å²) in [6.07, 6.45) is 7.27.